The van der Waals surface area contributed by atoms with E-state index in [9.17, 15) is 9.59 Å². The minimum atomic E-state index is -0.226. The van der Waals surface area contributed by atoms with Crippen LogP contribution in [0.3, 0.4) is 0 Å². The summed E-state index contributed by atoms with van der Waals surface area (Å²) in [5.41, 5.74) is 7.88. The summed E-state index contributed by atoms with van der Waals surface area (Å²) in [4.78, 5) is 22.7. The zero-order valence-corrected chi connectivity index (χ0v) is 15.0. The molecule has 0 radical (unpaired) electrons. The van der Waals surface area contributed by atoms with E-state index in [0.29, 0.717) is 18.7 Å². The minimum absolute atomic E-state index is 0. The van der Waals surface area contributed by atoms with E-state index >= 15 is 0 Å². The van der Waals surface area contributed by atoms with Gasteiger partial charge in [-0.3, -0.25) is 9.59 Å². The number of benzene rings is 1. The van der Waals surface area contributed by atoms with E-state index in [-0.39, 0.29) is 19.8 Å². The Hall–Kier alpha value is -2.14. The molecule has 0 heterocycles. The molecule has 0 spiro atoms. The smallest absolute Gasteiger partial charge is 0.251 e. The molecule has 4 N–H and O–H groups in total. The molecule has 0 saturated heterocycles. The summed E-state index contributed by atoms with van der Waals surface area (Å²) >= 11 is 0. The van der Waals surface area contributed by atoms with Gasteiger partial charge in [-0.15, -0.1) is 6.58 Å². The van der Waals surface area contributed by atoms with Crippen LogP contribution >= 0.6 is 0 Å². The molecule has 0 aliphatic carbocycles. The quantitative estimate of drug-likeness (QED) is 0.575. The second kappa shape index (κ2) is 14.8. The minimum Gasteiger partial charge on any atom is -0.353 e. The zero-order valence-electron chi connectivity index (χ0n) is 15.0. The number of allylic oxidation sites excluding steroid dienone is 1. The first-order valence-corrected chi connectivity index (χ1v) is 7.84. The number of hydrogen-bond acceptors (Lipinski definition) is 3. The molecule has 1 aromatic rings. The molecule has 0 aliphatic rings. The van der Waals surface area contributed by atoms with Crippen LogP contribution in [0.25, 0.3) is 0 Å². The highest BCUT2D eigenvalue weighted by Gasteiger charge is 2.06. The molecular weight excluding hydrogens is 290 g/mol. The fourth-order valence-electron chi connectivity index (χ4n) is 1.66. The molecule has 1 aromatic carbocycles. The van der Waals surface area contributed by atoms with Gasteiger partial charge in [0.1, 0.15) is 0 Å². The van der Waals surface area contributed by atoms with Crippen LogP contribution in [0, 0.1) is 13.8 Å². The summed E-state index contributed by atoms with van der Waals surface area (Å²) in [6, 6.07) is 5.68. The maximum absolute atomic E-state index is 11.8. The Kier molecular flexibility index (Phi) is 14.9. The third-order valence-electron chi connectivity index (χ3n) is 2.40. The van der Waals surface area contributed by atoms with Gasteiger partial charge in [0.2, 0.25) is 5.91 Å². The molecule has 0 fully saturated rings. The summed E-state index contributed by atoms with van der Waals surface area (Å²) < 4.78 is 0. The maximum Gasteiger partial charge on any atom is 0.251 e. The highest BCUT2D eigenvalue weighted by molar-refractivity contribution is 5.94. The van der Waals surface area contributed by atoms with E-state index in [4.69, 9.17) is 5.73 Å². The van der Waals surface area contributed by atoms with Gasteiger partial charge >= 0.3 is 0 Å². The van der Waals surface area contributed by atoms with Gasteiger partial charge in [0.15, 0.2) is 0 Å². The Labute approximate surface area is 141 Å². The van der Waals surface area contributed by atoms with Gasteiger partial charge in [-0.2, -0.15) is 0 Å². The number of carbonyl (C=O) groups excluding carboxylic acids is 2. The number of hydrogen-bond donors (Lipinski definition) is 3. The Bertz CT molecular complexity index is 471. The normalized spacial score (nSPS) is 8.61. The molecule has 0 atom stereocenters. The standard InChI is InChI=1S/C13H19N3O2.C3H6.C2H6.H2/c1-9-5-10(2)7-11(6-9)13(18)16-4-3-15-12(17)8-14;1-3-2;1-2;/h5-7H,3-4,8,14H2,1-2H3,(H,15,17)(H,16,18);3H,1H2,2H3;1-2H3;1H. The Morgan fingerprint density at radius 3 is 2.00 bits per heavy atom. The van der Waals surface area contributed by atoms with Crippen molar-refractivity contribution in [2.24, 2.45) is 5.73 Å². The third-order valence-corrected chi connectivity index (χ3v) is 2.40. The van der Waals surface area contributed by atoms with Gasteiger partial charge in [-0.25, -0.2) is 0 Å². The first-order valence-electron chi connectivity index (χ1n) is 7.84. The lowest BCUT2D eigenvalue weighted by Crippen LogP contribution is -2.37. The van der Waals surface area contributed by atoms with Crippen molar-refractivity contribution < 1.29 is 11.0 Å². The van der Waals surface area contributed by atoms with Gasteiger partial charge < -0.3 is 16.4 Å². The van der Waals surface area contributed by atoms with Crippen LogP contribution < -0.4 is 16.4 Å². The molecule has 0 bridgehead atoms. The molecule has 0 saturated carbocycles. The Balaban J connectivity index is -0.000000660. The van der Waals surface area contributed by atoms with Crippen LogP contribution in [0.15, 0.2) is 30.9 Å². The van der Waals surface area contributed by atoms with Crippen molar-refractivity contribution in [1.82, 2.24) is 10.6 Å². The van der Waals surface area contributed by atoms with Crippen LogP contribution in [-0.4, -0.2) is 31.4 Å². The summed E-state index contributed by atoms with van der Waals surface area (Å²) in [5, 5.41) is 5.32. The SMILES string of the molecule is C=CC.CC.Cc1cc(C)cc(C(=O)NCCNC(=O)CN)c1.[HH]. The molecule has 23 heavy (non-hydrogen) atoms. The van der Waals surface area contributed by atoms with Gasteiger partial charge in [0.05, 0.1) is 6.54 Å². The monoisotopic (exact) mass is 323 g/mol. The zero-order chi connectivity index (χ0) is 18.3. The number of amides is 2. The predicted molar refractivity (Wildman–Crippen MR) is 99.6 cm³/mol. The third kappa shape index (κ3) is 12.1. The molecule has 2 amide bonds. The van der Waals surface area contributed by atoms with Gasteiger partial charge in [-0.05, 0) is 32.9 Å². The van der Waals surface area contributed by atoms with E-state index in [1.54, 1.807) is 6.08 Å². The molecular formula is C18H33N3O2. The summed E-state index contributed by atoms with van der Waals surface area (Å²) in [5.74, 6) is -0.362. The van der Waals surface area contributed by atoms with Gasteiger partial charge in [-0.1, -0.05) is 37.1 Å². The van der Waals surface area contributed by atoms with E-state index < -0.39 is 0 Å². The lowest BCUT2D eigenvalue weighted by Gasteiger charge is -2.07. The van der Waals surface area contributed by atoms with Crippen LogP contribution in [-0.2, 0) is 4.79 Å². The first kappa shape index (κ1) is 23.1. The van der Waals surface area contributed by atoms with Crippen molar-refractivity contribution in [2.75, 3.05) is 19.6 Å². The number of nitrogens with two attached hydrogens (primary N) is 1. The number of rotatable bonds is 5. The topological polar surface area (TPSA) is 84.2 Å². The number of carbonyl (C=O) groups is 2. The summed E-state index contributed by atoms with van der Waals surface area (Å²) in [6.45, 7) is 13.9. The van der Waals surface area contributed by atoms with Crippen molar-refractivity contribution in [3.05, 3.63) is 47.5 Å². The second-order valence-electron chi connectivity index (χ2n) is 4.59. The van der Waals surface area contributed by atoms with E-state index in [2.05, 4.69) is 17.2 Å². The van der Waals surface area contributed by atoms with Gasteiger partial charge in [0, 0.05) is 20.1 Å². The van der Waals surface area contributed by atoms with E-state index in [1.165, 1.54) is 0 Å². The lowest BCUT2D eigenvalue weighted by molar-refractivity contribution is -0.119. The van der Waals surface area contributed by atoms with Crippen molar-refractivity contribution >= 4 is 11.8 Å². The summed E-state index contributed by atoms with van der Waals surface area (Å²) in [7, 11) is 0. The van der Waals surface area contributed by atoms with E-state index in [1.807, 2.05) is 52.8 Å². The van der Waals surface area contributed by atoms with Gasteiger partial charge in [0.25, 0.3) is 5.91 Å². The fraction of sp³-hybridized carbons (Fsp3) is 0.444. The molecule has 0 aromatic heterocycles. The van der Waals surface area contributed by atoms with Crippen LogP contribution in [0.1, 0.15) is 43.7 Å². The molecule has 0 aliphatic heterocycles. The average molecular weight is 323 g/mol. The molecule has 132 valence electrons. The maximum atomic E-state index is 11.8. The largest absolute Gasteiger partial charge is 0.353 e. The number of nitrogens with one attached hydrogen (secondary N) is 2. The van der Waals surface area contributed by atoms with E-state index in [0.717, 1.165) is 11.1 Å². The average Bonchev–Trinajstić information content (AvgIpc) is 2.52. The summed E-state index contributed by atoms with van der Waals surface area (Å²) in [6.07, 6.45) is 1.75. The molecule has 0 unspecified atom stereocenters. The Morgan fingerprint density at radius 1 is 1.13 bits per heavy atom. The molecule has 1 rings (SSSR count). The number of aryl methyl sites for hydroxylation is 2. The van der Waals surface area contributed by atoms with Crippen LogP contribution in [0.2, 0.25) is 0 Å². The lowest BCUT2D eigenvalue weighted by atomic mass is 10.1. The van der Waals surface area contributed by atoms with Crippen molar-refractivity contribution in [2.45, 2.75) is 34.6 Å². The molecule has 5 heteroatoms. The highest BCUT2D eigenvalue weighted by atomic mass is 16.2. The van der Waals surface area contributed by atoms with Crippen molar-refractivity contribution in [3.8, 4) is 0 Å². The van der Waals surface area contributed by atoms with Crippen LogP contribution in [0.5, 0.6) is 0 Å². The predicted octanol–water partition coefficient (Wildman–Crippen LogP) is 2.57. The molecule has 5 nitrogen and oxygen atoms in total. The van der Waals surface area contributed by atoms with Crippen molar-refractivity contribution in [3.63, 3.8) is 0 Å². The van der Waals surface area contributed by atoms with Crippen LogP contribution in [0.4, 0.5) is 0 Å². The fourth-order valence-corrected chi connectivity index (χ4v) is 1.66. The van der Waals surface area contributed by atoms with Crippen molar-refractivity contribution in [1.29, 1.82) is 0 Å². The highest BCUT2D eigenvalue weighted by Crippen LogP contribution is 2.08. The second-order valence-corrected chi connectivity index (χ2v) is 4.59. The first-order chi connectivity index (χ1) is 10.9. The Morgan fingerprint density at radius 2 is 1.57 bits per heavy atom.